The van der Waals surface area contributed by atoms with Gasteiger partial charge in [0.05, 0.1) is 18.3 Å². The number of ether oxygens (including phenoxy) is 1. The Morgan fingerprint density at radius 3 is 2.73 bits per heavy atom. The van der Waals surface area contributed by atoms with Crippen molar-refractivity contribution in [3.05, 3.63) is 28.2 Å². The van der Waals surface area contributed by atoms with E-state index in [1.165, 1.54) is 0 Å². The maximum absolute atomic E-state index is 12.6. The van der Waals surface area contributed by atoms with Crippen LogP contribution in [0.15, 0.2) is 17.1 Å². The van der Waals surface area contributed by atoms with E-state index in [0.29, 0.717) is 25.4 Å². The largest absolute Gasteiger partial charge is 0.417 e. The number of amides is 1. The lowest BCUT2D eigenvalue weighted by Crippen LogP contribution is -2.53. The van der Waals surface area contributed by atoms with Gasteiger partial charge in [-0.3, -0.25) is 9.59 Å². The third-order valence-electron chi connectivity index (χ3n) is 3.09. The van der Waals surface area contributed by atoms with Crippen LogP contribution in [0.3, 0.4) is 0 Å². The number of anilines is 1. The zero-order valence-electron chi connectivity index (χ0n) is 11.5. The molecule has 1 aromatic heterocycles. The minimum atomic E-state index is -4.61. The first-order valence-electron chi connectivity index (χ1n) is 6.25. The number of morpholine rings is 1. The summed E-state index contributed by atoms with van der Waals surface area (Å²) in [6.07, 6.45) is -4.49. The second kappa shape index (κ2) is 7.12. The molecule has 2 heterocycles. The molecule has 1 fully saturated rings. The van der Waals surface area contributed by atoms with Gasteiger partial charge in [-0.15, -0.1) is 12.4 Å². The minimum absolute atomic E-state index is 0. The van der Waals surface area contributed by atoms with Crippen LogP contribution in [0.25, 0.3) is 0 Å². The van der Waals surface area contributed by atoms with Gasteiger partial charge < -0.3 is 20.4 Å². The van der Waals surface area contributed by atoms with Crippen molar-refractivity contribution in [2.24, 2.45) is 0 Å². The molecule has 2 rings (SSSR count). The lowest BCUT2D eigenvalue weighted by Gasteiger charge is -2.29. The van der Waals surface area contributed by atoms with Gasteiger partial charge in [-0.05, 0) is 13.0 Å². The van der Waals surface area contributed by atoms with Crippen LogP contribution in [0.1, 0.15) is 12.5 Å². The van der Waals surface area contributed by atoms with Crippen LogP contribution >= 0.6 is 12.4 Å². The summed E-state index contributed by atoms with van der Waals surface area (Å²) < 4.78 is 43.0. The van der Waals surface area contributed by atoms with E-state index < -0.39 is 41.0 Å². The van der Waals surface area contributed by atoms with E-state index in [9.17, 15) is 22.8 Å². The van der Waals surface area contributed by atoms with Crippen molar-refractivity contribution >= 4 is 24.0 Å². The number of H-pyrrole nitrogens is 1. The van der Waals surface area contributed by atoms with Gasteiger partial charge in [0.25, 0.3) is 5.56 Å². The van der Waals surface area contributed by atoms with Crippen molar-refractivity contribution in [1.29, 1.82) is 0 Å². The summed E-state index contributed by atoms with van der Waals surface area (Å²) in [6.45, 7) is 2.54. The lowest BCUT2D eigenvalue weighted by atomic mass is 10.1. The number of halogens is 4. The molecule has 22 heavy (non-hydrogen) atoms. The fraction of sp³-hybridized carbons (Fsp3) is 0.500. The van der Waals surface area contributed by atoms with Crippen molar-refractivity contribution in [2.75, 3.05) is 18.5 Å². The van der Waals surface area contributed by atoms with E-state index in [1.54, 1.807) is 6.92 Å². The van der Waals surface area contributed by atoms with E-state index in [4.69, 9.17) is 4.74 Å². The normalized spacial score (nSPS) is 21.8. The van der Waals surface area contributed by atoms with Crippen LogP contribution in [0, 0.1) is 0 Å². The SMILES string of the molecule is C[C@H]1OCCN[C@@H]1C(=O)Nc1cc(C(F)(F)F)c[nH]c1=O.Cl. The van der Waals surface area contributed by atoms with Crippen molar-refractivity contribution in [2.45, 2.75) is 25.2 Å². The minimum Gasteiger partial charge on any atom is -0.375 e. The highest BCUT2D eigenvalue weighted by Crippen LogP contribution is 2.29. The summed E-state index contributed by atoms with van der Waals surface area (Å²) >= 11 is 0. The number of hydrogen-bond acceptors (Lipinski definition) is 4. The summed E-state index contributed by atoms with van der Waals surface area (Å²) in [5, 5.41) is 5.08. The molecule has 0 aromatic carbocycles. The average Bonchev–Trinajstić information content (AvgIpc) is 2.40. The number of carbonyl (C=O) groups is 1. The second-order valence-electron chi connectivity index (χ2n) is 4.63. The molecule has 3 N–H and O–H groups in total. The molecule has 0 unspecified atom stereocenters. The summed E-state index contributed by atoms with van der Waals surface area (Å²) in [6, 6.07) is -0.127. The Labute approximate surface area is 129 Å². The molecular weight excluding hydrogens is 327 g/mol. The maximum atomic E-state index is 12.6. The van der Waals surface area contributed by atoms with Gasteiger partial charge in [-0.2, -0.15) is 13.2 Å². The first-order valence-corrected chi connectivity index (χ1v) is 6.25. The van der Waals surface area contributed by atoms with Gasteiger partial charge in [0.15, 0.2) is 0 Å². The number of alkyl halides is 3. The van der Waals surface area contributed by atoms with E-state index in [-0.39, 0.29) is 12.4 Å². The Morgan fingerprint density at radius 2 is 2.14 bits per heavy atom. The molecule has 0 radical (unpaired) electrons. The number of aromatic nitrogens is 1. The lowest BCUT2D eigenvalue weighted by molar-refractivity contribution is -0.137. The first-order chi connectivity index (χ1) is 9.79. The molecule has 1 saturated heterocycles. The molecular formula is C12H15ClF3N3O3. The van der Waals surface area contributed by atoms with E-state index >= 15 is 0 Å². The zero-order valence-corrected chi connectivity index (χ0v) is 12.3. The number of carbonyl (C=O) groups excluding carboxylic acids is 1. The fourth-order valence-electron chi connectivity index (χ4n) is 1.98. The third-order valence-corrected chi connectivity index (χ3v) is 3.09. The molecule has 0 spiro atoms. The van der Waals surface area contributed by atoms with Crippen molar-refractivity contribution < 1.29 is 22.7 Å². The van der Waals surface area contributed by atoms with Crippen molar-refractivity contribution in [3.8, 4) is 0 Å². The maximum Gasteiger partial charge on any atom is 0.417 e. The highest BCUT2D eigenvalue weighted by Gasteiger charge is 2.32. The van der Waals surface area contributed by atoms with Gasteiger partial charge in [-0.25, -0.2) is 0 Å². The van der Waals surface area contributed by atoms with E-state index in [2.05, 4.69) is 10.6 Å². The number of rotatable bonds is 2. The Morgan fingerprint density at radius 1 is 1.45 bits per heavy atom. The van der Waals surface area contributed by atoms with Gasteiger partial charge in [0.2, 0.25) is 5.91 Å². The van der Waals surface area contributed by atoms with Gasteiger partial charge in [-0.1, -0.05) is 0 Å². The van der Waals surface area contributed by atoms with Gasteiger partial charge in [0, 0.05) is 12.7 Å². The number of hydrogen-bond donors (Lipinski definition) is 3. The number of nitrogens with one attached hydrogen (secondary N) is 3. The van der Waals surface area contributed by atoms with Gasteiger partial charge in [0.1, 0.15) is 11.7 Å². The Kier molecular flexibility index (Phi) is 5.98. The van der Waals surface area contributed by atoms with Gasteiger partial charge >= 0.3 is 6.18 Å². The van der Waals surface area contributed by atoms with Crippen LogP contribution in [-0.2, 0) is 15.7 Å². The topological polar surface area (TPSA) is 83.2 Å². The summed E-state index contributed by atoms with van der Waals surface area (Å²) in [5.41, 5.74) is -2.30. The van der Waals surface area contributed by atoms with Crippen molar-refractivity contribution in [3.63, 3.8) is 0 Å². The number of aromatic amines is 1. The molecule has 1 aliphatic heterocycles. The van der Waals surface area contributed by atoms with E-state index in [1.807, 2.05) is 4.98 Å². The highest BCUT2D eigenvalue weighted by atomic mass is 35.5. The molecule has 1 aliphatic rings. The molecule has 0 bridgehead atoms. The summed E-state index contributed by atoms with van der Waals surface area (Å²) in [4.78, 5) is 25.5. The van der Waals surface area contributed by atoms with Crippen LogP contribution in [-0.4, -0.2) is 36.2 Å². The quantitative estimate of drug-likeness (QED) is 0.753. The summed E-state index contributed by atoms with van der Waals surface area (Å²) in [7, 11) is 0. The molecule has 124 valence electrons. The molecule has 0 saturated carbocycles. The Hall–Kier alpha value is -1.58. The van der Waals surface area contributed by atoms with Crippen LogP contribution in [0.5, 0.6) is 0 Å². The molecule has 0 aliphatic carbocycles. The zero-order chi connectivity index (χ0) is 15.6. The molecule has 2 atom stereocenters. The molecule has 1 aromatic rings. The monoisotopic (exact) mass is 341 g/mol. The smallest absolute Gasteiger partial charge is 0.375 e. The van der Waals surface area contributed by atoms with Crippen LogP contribution in [0.4, 0.5) is 18.9 Å². The standard InChI is InChI=1S/C12H14F3N3O3.ClH/c1-6-9(16-2-3-21-6)11(20)18-8-4-7(12(13,14)15)5-17-10(8)19;/h4-6,9,16H,2-3H2,1H3,(H,17,19)(H,18,20);1H/t6-,9+;/m1./s1. The van der Waals surface area contributed by atoms with Crippen molar-refractivity contribution in [1.82, 2.24) is 10.3 Å². The number of pyridine rings is 1. The predicted molar refractivity (Wildman–Crippen MR) is 75.1 cm³/mol. The van der Waals surface area contributed by atoms with Crippen LogP contribution in [0.2, 0.25) is 0 Å². The predicted octanol–water partition coefficient (Wildman–Crippen LogP) is 1.13. The second-order valence-corrected chi connectivity index (χ2v) is 4.63. The van der Waals surface area contributed by atoms with Crippen LogP contribution < -0.4 is 16.2 Å². The van der Waals surface area contributed by atoms with E-state index in [0.717, 1.165) is 0 Å². The molecule has 10 heteroatoms. The highest BCUT2D eigenvalue weighted by molar-refractivity contribution is 5.95. The Bertz CT molecular complexity index is 591. The Balaban J connectivity index is 0.00000242. The third kappa shape index (κ3) is 4.21. The average molecular weight is 342 g/mol. The first kappa shape index (κ1) is 18.5. The molecule has 1 amide bonds. The summed E-state index contributed by atoms with van der Waals surface area (Å²) in [5.74, 6) is -0.618. The molecule has 6 nitrogen and oxygen atoms in total. The fourth-order valence-corrected chi connectivity index (χ4v) is 1.98.